The number of hydrogen-bond acceptors (Lipinski definition) is 17. The molecule has 2 fully saturated rings. The maximum atomic E-state index is 12.6. The summed E-state index contributed by atoms with van der Waals surface area (Å²) in [7, 11) is 0. The number of hydrogen-bond donors (Lipinski definition) is 12. The molecule has 3 heterocycles. The van der Waals surface area contributed by atoms with Gasteiger partial charge in [0.15, 0.2) is 12.1 Å². The first kappa shape index (κ1) is 55.9. The average molecular weight is 924 g/mol. The monoisotopic (exact) mass is 923 g/mol. The molecule has 3 rings (SSSR count). The van der Waals surface area contributed by atoms with E-state index < -0.39 is 147 Å². The topological polar surface area (TPSA) is 320 Å². The van der Waals surface area contributed by atoms with Crippen LogP contribution in [0.4, 0.5) is 0 Å². The standard InChI is InChI=1S/C47H73NO17/c1-27-17-15-13-11-9-7-5-6-8-10-12-14-16-18-34(64-46-44(58)41(48)43(57)30(4)63-46)24-38-40(45(59)60)37(54)26-47(61,65-38)25-33(51)22-36(53)35(52)20-19-31(49)21-32(50)23-39(55)62-29(3)28(2)42(27)56/h5-18,27-38,40-44,46,49-54,56-58,61H,19-26,48H2,1-4H3,(H,59,60)/b6-5+,9-7+,10-8-,13-11+,14-12-,17-15+,18-16-. The van der Waals surface area contributed by atoms with Crippen LogP contribution >= 0.6 is 0 Å². The highest BCUT2D eigenvalue weighted by atomic mass is 16.7. The van der Waals surface area contributed by atoms with Crippen molar-refractivity contribution in [3.8, 4) is 0 Å². The van der Waals surface area contributed by atoms with Gasteiger partial charge in [0.2, 0.25) is 0 Å². The quantitative estimate of drug-likeness (QED) is 0.174. The fraction of sp³-hybridized carbons (Fsp3) is 0.660. The lowest BCUT2D eigenvalue weighted by atomic mass is 9.82. The molecular weight excluding hydrogens is 851 g/mol. The van der Waals surface area contributed by atoms with Gasteiger partial charge in [-0.05, 0) is 33.1 Å². The molecule has 65 heavy (non-hydrogen) atoms. The van der Waals surface area contributed by atoms with Gasteiger partial charge in [-0.3, -0.25) is 9.59 Å². The van der Waals surface area contributed by atoms with Crippen LogP contribution in [-0.2, 0) is 28.5 Å². The Kier molecular flexibility index (Phi) is 23.6. The maximum absolute atomic E-state index is 12.6. The molecule has 0 radical (unpaired) electrons. The first-order valence-corrected chi connectivity index (χ1v) is 22.3. The number of allylic oxidation sites excluding steroid dienone is 12. The molecule has 0 aromatic carbocycles. The summed E-state index contributed by atoms with van der Waals surface area (Å²) in [6.45, 7) is 6.74. The van der Waals surface area contributed by atoms with Gasteiger partial charge >= 0.3 is 11.9 Å². The molecule has 3 aliphatic rings. The van der Waals surface area contributed by atoms with Crippen molar-refractivity contribution in [1.29, 1.82) is 0 Å². The molecule has 0 aromatic rings. The number of aliphatic hydroxyl groups is 10. The highest BCUT2D eigenvalue weighted by Gasteiger charge is 2.51. The number of nitrogens with two attached hydrogens (primary N) is 1. The molecule has 0 aliphatic carbocycles. The van der Waals surface area contributed by atoms with E-state index in [1.165, 1.54) is 13.0 Å². The summed E-state index contributed by atoms with van der Waals surface area (Å²) in [5.41, 5.74) is 6.02. The third-order valence-corrected chi connectivity index (χ3v) is 12.0. The van der Waals surface area contributed by atoms with Crippen molar-refractivity contribution < 1.29 is 84.7 Å². The Hall–Kier alpha value is -3.44. The minimum Gasteiger partial charge on any atom is -0.481 e. The Bertz CT molecular complexity index is 1670. The van der Waals surface area contributed by atoms with E-state index in [1.54, 1.807) is 80.7 Å². The number of cyclic esters (lactones) is 1. The van der Waals surface area contributed by atoms with Crippen LogP contribution in [0.2, 0.25) is 0 Å². The Morgan fingerprint density at radius 1 is 0.662 bits per heavy atom. The van der Waals surface area contributed by atoms with Crippen molar-refractivity contribution in [1.82, 2.24) is 0 Å². The summed E-state index contributed by atoms with van der Waals surface area (Å²) >= 11 is 0. The number of carboxylic acid groups (broad SMARTS) is 1. The van der Waals surface area contributed by atoms with E-state index in [-0.39, 0.29) is 31.6 Å². The van der Waals surface area contributed by atoms with Crippen molar-refractivity contribution >= 4 is 11.9 Å². The molecule has 18 heteroatoms. The number of esters is 1. The zero-order valence-electron chi connectivity index (χ0n) is 37.6. The fourth-order valence-electron chi connectivity index (χ4n) is 7.97. The molecule has 2 saturated heterocycles. The summed E-state index contributed by atoms with van der Waals surface area (Å²) in [4.78, 5) is 25.1. The van der Waals surface area contributed by atoms with E-state index in [0.717, 1.165) is 0 Å². The number of ether oxygens (including phenoxy) is 4. The maximum Gasteiger partial charge on any atom is 0.311 e. The molecule has 2 bridgehead atoms. The minimum absolute atomic E-state index is 0.107. The first-order chi connectivity index (χ1) is 30.6. The summed E-state index contributed by atoms with van der Waals surface area (Å²) in [6, 6.07) is -1.15. The predicted molar refractivity (Wildman–Crippen MR) is 237 cm³/mol. The summed E-state index contributed by atoms with van der Waals surface area (Å²) in [6.07, 6.45) is 3.46. The number of aliphatic hydroxyl groups excluding tert-OH is 9. The minimum atomic E-state index is -2.33. The average Bonchev–Trinajstić information content (AvgIpc) is 3.21. The number of aliphatic carboxylic acids is 1. The molecule has 3 aliphatic heterocycles. The highest BCUT2D eigenvalue weighted by molar-refractivity contribution is 5.71. The van der Waals surface area contributed by atoms with E-state index in [9.17, 15) is 65.8 Å². The van der Waals surface area contributed by atoms with Gasteiger partial charge in [0, 0.05) is 37.5 Å². The Morgan fingerprint density at radius 3 is 1.82 bits per heavy atom. The van der Waals surface area contributed by atoms with Gasteiger partial charge in [0.05, 0.1) is 79.6 Å². The second-order valence-electron chi connectivity index (χ2n) is 17.6. The van der Waals surface area contributed by atoms with Crippen LogP contribution in [0.15, 0.2) is 85.1 Å². The first-order valence-electron chi connectivity index (χ1n) is 22.3. The molecule has 19 unspecified atom stereocenters. The van der Waals surface area contributed by atoms with E-state index >= 15 is 0 Å². The molecule has 0 saturated carbocycles. The van der Waals surface area contributed by atoms with Gasteiger partial charge in [-0.25, -0.2) is 0 Å². The fourth-order valence-corrected chi connectivity index (χ4v) is 7.97. The third kappa shape index (κ3) is 18.6. The van der Waals surface area contributed by atoms with Crippen molar-refractivity contribution in [3.63, 3.8) is 0 Å². The smallest absolute Gasteiger partial charge is 0.311 e. The van der Waals surface area contributed by atoms with Gasteiger partial charge in [-0.1, -0.05) is 98.9 Å². The number of carbonyl (C=O) groups is 2. The molecule has 19 atom stereocenters. The van der Waals surface area contributed by atoms with E-state index in [4.69, 9.17) is 24.7 Å². The predicted octanol–water partition coefficient (Wildman–Crippen LogP) is 0.712. The second-order valence-corrected chi connectivity index (χ2v) is 17.6. The van der Waals surface area contributed by atoms with Gasteiger partial charge in [0.1, 0.15) is 18.1 Å². The van der Waals surface area contributed by atoms with Gasteiger partial charge in [0.25, 0.3) is 0 Å². The number of carboxylic acids is 1. The molecule has 13 N–H and O–H groups in total. The molecule has 0 aromatic heterocycles. The van der Waals surface area contributed by atoms with Crippen LogP contribution < -0.4 is 5.73 Å². The Labute approximate surface area is 381 Å². The lowest BCUT2D eigenvalue weighted by Gasteiger charge is -2.45. The molecular formula is C47H73NO17. The zero-order valence-corrected chi connectivity index (χ0v) is 37.6. The summed E-state index contributed by atoms with van der Waals surface area (Å²) in [5.74, 6) is -6.83. The van der Waals surface area contributed by atoms with Crippen LogP contribution in [0.3, 0.4) is 0 Å². The highest BCUT2D eigenvalue weighted by Crippen LogP contribution is 2.38. The molecule has 0 spiro atoms. The second kappa shape index (κ2) is 27.4. The van der Waals surface area contributed by atoms with E-state index in [0.29, 0.717) is 0 Å². The van der Waals surface area contributed by atoms with Crippen LogP contribution in [-0.4, -0.2) is 166 Å². The Balaban J connectivity index is 1.86. The van der Waals surface area contributed by atoms with E-state index in [1.807, 2.05) is 19.1 Å². The van der Waals surface area contributed by atoms with Crippen LogP contribution in [0.1, 0.15) is 79.1 Å². The number of carbonyl (C=O) groups excluding carboxylic acids is 1. The number of rotatable bonds is 3. The number of fused-ring (bicyclic) bond motifs is 2. The Morgan fingerprint density at radius 2 is 1.23 bits per heavy atom. The molecule has 368 valence electrons. The van der Waals surface area contributed by atoms with Gasteiger partial charge in [-0.15, -0.1) is 0 Å². The summed E-state index contributed by atoms with van der Waals surface area (Å²) in [5, 5.41) is 118. The van der Waals surface area contributed by atoms with Crippen LogP contribution in [0.5, 0.6) is 0 Å². The van der Waals surface area contributed by atoms with Crippen molar-refractivity contribution in [2.45, 2.75) is 177 Å². The van der Waals surface area contributed by atoms with E-state index in [2.05, 4.69) is 0 Å². The molecule has 18 nitrogen and oxygen atoms in total. The van der Waals surface area contributed by atoms with Crippen molar-refractivity contribution in [2.75, 3.05) is 0 Å². The van der Waals surface area contributed by atoms with Crippen molar-refractivity contribution in [2.24, 2.45) is 23.5 Å². The molecule has 0 amide bonds. The lowest BCUT2D eigenvalue weighted by Crippen LogP contribution is -2.61. The summed E-state index contributed by atoms with van der Waals surface area (Å²) < 4.78 is 23.1. The third-order valence-electron chi connectivity index (χ3n) is 12.0. The van der Waals surface area contributed by atoms with Gasteiger partial charge < -0.3 is 80.9 Å². The normalized spacial score (nSPS) is 45.5. The zero-order chi connectivity index (χ0) is 48.4. The van der Waals surface area contributed by atoms with Crippen LogP contribution in [0, 0.1) is 17.8 Å². The SMILES string of the molecule is CC1/C=C/C=C/C=C/C=C/C=C\C=C/C=C\C(OC2OC(C)C(O)C(N)C2O)CC2OC(O)(CC(O)CC(O)C(O)CCC(O)CC(O)CC(=O)OC(C)C(C)C1O)CC(O)C2C(=O)O. The van der Waals surface area contributed by atoms with Crippen LogP contribution in [0.25, 0.3) is 0 Å². The van der Waals surface area contributed by atoms with Crippen molar-refractivity contribution in [3.05, 3.63) is 85.1 Å². The largest absolute Gasteiger partial charge is 0.481 e. The lowest BCUT2D eigenvalue weighted by molar-refractivity contribution is -0.308. The van der Waals surface area contributed by atoms with Gasteiger partial charge in [-0.2, -0.15) is 0 Å².